The largest absolute Gasteiger partial charge is 0.508 e. The van der Waals surface area contributed by atoms with Crippen LogP contribution in [-0.2, 0) is 0 Å². The average molecular weight is 357 g/mol. The number of nitrogens with one attached hydrogen (secondary N) is 2. The van der Waals surface area contributed by atoms with Gasteiger partial charge in [0.25, 0.3) is 5.91 Å². The zero-order valence-electron chi connectivity index (χ0n) is 12.4. The third-order valence-electron chi connectivity index (χ3n) is 3.45. The molecule has 0 bridgehead atoms. The van der Waals surface area contributed by atoms with Gasteiger partial charge in [-0.3, -0.25) is 10.1 Å². The van der Waals surface area contributed by atoms with E-state index in [1.807, 2.05) is 18.2 Å². The van der Waals surface area contributed by atoms with Gasteiger partial charge in [0.2, 0.25) is 0 Å². The van der Waals surface area contributed by atoms with E-state index in [2.05, 4.69) is 10.6 Å². The summed E-state index contributed by atoms with van der Waals surface area (Å²) in [7, 11) is 0. The zero-order chi connectivity index (χ0) is 17.1. The second kappa shape index (κ2) is 6.86. The normalized spacial score (nSPS) is 10.4. The van der Waals surface area contributed by atoms with E-state index in [0.29, 0.717) is 10.6 Å². The van der Waals surface area contributed by atoms with Gasteiger partial charge in [-0.1, -0.05) is 23.7 Å². The first-order chi connectivity index (χ1) is 11.5. The molecule has 24 heavy (non-hydrogen) atoms. The quantitative estimate of drug-likeness (QED) is 0.598. The van der Waals surface area contributed by atoms with Crippen LogP contribution in [0, 0.1) is 0 Å². The van der Waals surface area contributed by atoms with E-state index in [1.165, 1.54) is 0 Å². The number of rotatable bonds is 2. The predicted molar refractivity (Wildman–Crippen MR) is 101 cm³/mol. The lowest BCUT2D eigenvalue weighted by Crippen LogP contribution is -2.34. The van der Waals surface area contributed by atoms with Crippen molar-refractivity contribution in [1.82, 2.24) is 5.32 Å². The van der Waals surface area contributed by atoms with Crippen LogP contribution in [0.3, 0.4) is 0 Å². The molecule has 0 radical (unpaired) electrons. The lowest BCUT2D eigenvalue weighted by Gasteiger charge is -2.12. The summed E-state index contributed by atoms with van der Waals surface area (Å²) in [6, 6.07) is 17.2. The van der Waals surface area contributed by atoms with Gasteiger partial charge in [-0.25, -0.2) is 0 Å². The van der Waals surface area contributed by atoms with Crippen molar-refractivity contribution in [1.29, 1.82) is 0 Å². The van der Waals surface area contributed by atoms with E-state index in [4.69, 9.17) is 23.8 Å². The molecule has 4 nitrogen and oxygen atoms in total. The number of carbonyl (C=O) groups is 1. The van der Waals surface area contributed by atoms with Gasteiger partial charge in [-0.05, 0) is 66.1 Å². The van der Waals surface area contributed by atoms with Gasteiger partial charge in [0.1, 0.15) is 5.75 Å². The topological polar surface area (TPSA) is 61.4 Å². The van der Waals surface area contributed by atoms with Crippen LogP contribution in [0.25, 0.3) is 10.8 Å². The summed E-state index contributed by atoms with van der Waals surface area (Å²) >= 11 is 11.0. The van der Waals surface area contributed by atoms with Crippen LogP contribution in [0.5, 0.6) is 5.75 Å². The minimum atomic E-state index is -0.318. The lowest BCUT2D eigenvalue weighted by molar-refractivity contribution is 0.0977. The molecule has 0 atom stereocenters. The van der Waals surface area contributed by atoms with Crippen molar-refractivity contribution in [3.63, 3.8) is 0 Å². The first-order valence-electron chi connectivity index (χ1n) is 7.12. The molecule has 3 N–H and O–H groups in total. The van der Waals surface area contributed by atoms with Crippen molar-refractivity contribution in [2.75, 3.05) is 5.32 Å². The van der Waals surface area contributed by atoms with Crippen molar-refractivity contribution in [3.8, 4) is 5.75 Å². The van der Waals surface area contributed by atoms with Crippen LogP contribution in [-0.4, -0.2) is 16.1 Å². The number of fused-ring (bicyclic) bond motifs is 1. The number of halogens is 1. The molecule has 0 aliphatic rings. The van der Waals surface area contributed by atoms with Crippen molar-refractivity contribution < 1.29 is 9.90 Å². The summed E-state index contributed by atoms with van der Waals surface area (Å²) in [5.41, 5.74) is 1.21. The van der Waals surface area contributed by atoms with Crippen molar-refractivity contribution in [2.24, 2.45) is 0 Å². The van der Waals surface area contributed by atoms with Crippen LogP contribution >= 0.6 is 23.8 Å². The Bertz CT molecular complexity index is 926. The fraction of sp³-hybridized carbons (Fsp3) is 0. The van der Waals surface area contributed by atoms with Gasteiger partial charge in [0.05, 0.1) is 0 Å². The van der Waals surface area contributed by atoms with Crippen LogP contribution in [0.1, 0.15) is 10.4 Å². The van der Waals surface area contributed by atoms with Gasteiger partial charge < -0.3 is 10.4 Å². The fourth-order valence-corrected chi connectivity index (χ4v) is 2.64. The van der Waals surface area contributed by atoms with E-state index in [1.54, 1.807) is 42.5 Å². The minimum Gasteiger partial charge on any atom is -0.508 e. The summed E-state index contributed by atoms with van der Waals surface area (Å²) in [6.07, 6.45) is 0. The average Bonchev–Trinajstić information content (AvgIpc) is 2.55. The van der Waals surface area contributed by atoms with Gasteiger partial charge >= 0.3 is 0 Å². The highest BCUT2D eigenvalue weighted by Crippen LogP contribution is 2.26. The van der Waals surface area contributed by atoms with Gasteiger partial charge in [-0.15, -0.1) is 0 Å². The molecule has 0 saturated carbocycles. The molecule has 3 aromatic carbocycles. The Morgan fingerprint density at radius 3 is 2.54 bits per heavy atom. The smallest absolute Gasteiger partial charge is 0.257 e. The molecule has 3 aromatic rings. The predicted octanol–water partition coefficient (Wildman–Crippen LogP) is 4.33. The summed E-state index contributed by atoms with van der Waals surface area (Å²) in [5, 5.41) is 17.7. The maximum absolute atomic E-state index is 12.2. The lowest BCUT2D eigenvalue weighted by atomic mass is 10.1. The number of hydrogen-bond donors (Lipinski definition) is 3. The zero-order valence-corrected chi connectivity index (χ0v) is 14.0. The van der Waals surface area contributed by atoms with Crippen LogP contribution in [0.15, 0.2) is 60.7 Å². The summed E-state index contributed by atoms with van der Waals surface area (Å²) in [6.45, 7) is 0. The highest BCUT2D eigenvalue weighted by Gasteiger charge is 2.09. The Hall–Kier alpha value is -2.63. The molecule has 0 fully saturated rings. The highest BCUT2D eigenvalue weighted by atomic mass is 35.5. The van der Waals surface area contributed by atoms with Crippen LogP contribution in [0.4, 0.5) is 5.69 Å². The van der Waals surface area contributed by atoms with Gasteiger partial charge in [0, 0.05) is 21.7 Å². The van der Waals surface area contributed by atoms with Crippen LogP contribution in [0.2, 0.25) is 5.02 Å². The third-order valence-corrected chi connectivity index (χ3v) is 3.90. The molecule has 3 rings (SSSR count). The second-order valence-corrected chi connectivity index (χ2v) is 5.97. The molecule has 0 saturated heterocycles. The minimum absolute atomic E-state index is 0.190. The number of benzene rings is 3. The highest BCUT2D eigenvalue weighted by molar-refractivity contribution is 7.80. The second-order valence-electron chi connectivity index (χ2n) is 5.13. The molecule has 0 spiro atoms. The van der Waals surface area contributed by atoms with Crippen molar-refractivity contribution in [2.45, 2.75) is 0 Å². The first kappa shape index (κ1) is 16.2. The third kappa shape index (κ3) is 3.64. The maximum Gasteiger partial charge on any atom is 0.257 e. The molecule has 0 heterocycles. The molecule has 0 aromatic heterocycles. The Balaban J connectivity index is 1.75. The molecular weight excluding hydrogens is 344 g/mol. The Morgan fingerprint density at radius 1 is 1.04 bits per heavy atom. The molecule has 0 unspecified atom stereocenters. The fourth-order valence-electron chi connectivity index (χ4n) is 2.31. The Morgan fingerprint density at radius 2 is 1.79 bits per heavy atom. The monoisotopic (exact) mass is 356 g/mol. The molecule has 0 aliphatic heterocycles. The van der Waals surface area contributed by atoms with Crippen molar-refractivity contribution in [3.05, 3.63) is 71.2 Å². The maximum atomic E-state index is 12.2. The first-order valence-corrected chi connectivity index (χ1v) is 7.91. The number of hydrogen-bond acceptors (Lipinski definition) is 3. The number of phenols is 1. The van der Waals surface area contributed by atoms with Gasteiger partial charge in [-0.2, -0.15) is 0 Å². The molecule has 1 amide bonds. The number of thiocarbonyl (C=S) groups is 1. The number of aromatic hydroxyl groups is 1. The van der Waals surface area contributed by atoms with E-state index in [9.17, 15) is 9.90 Å². The van der Waals surface area contributed by atoms with Gasteiger partial charge in [0.15, 0.2) is 5.11 Å². The number of carbonyl (C=O) groups excluding carboxylic acids is 1. The Labute approximate surface area is 149 Å². The molecule has 120 valence electrons. The SMILES string of the molecule is O=C(NC(=S)Nc1cccc2cc(O)ccc12)c1ccc(Cl)cc1. The van der Waals surface area contributed by atoms with E-state index >= 15 is 0 Å². The summed E-state index contributed by atoms with van der Waals surface area (Å²) in [4.78, 5) is 12.2. The summed E-state index contributed by atoms with van der Waals surface area (Å²) < 4.78 is 0. The molecule has 0 aliphatic carbocycles. The van der Waals surface area contributed by atoms with Crippen molar-refractivity contribution >= 4 is 51.3 Å². The summed E-state index contributed by atoms with van der Waals surface area (Å²) in [5.74, 6) is -0.125. The number of anilines is 1. The van der Waals surface area contributed by atoms with E-state index < -0.39 is 0 Å². The van der Waals surface area contributed by atoms with E-state index in [-0.39, 0.29) is 16.8 Å². The number of amides is 1. The van der Waals surface area contributed by atoms with E-state index in [0.717, 1.165) is 16.5 Å². The molecule has 6 heteroatoms. The Kier molecular flexibility index (Phi) is 4.64. The van der Waals surface area contributed by atoms with Crippen LogP contribution < -0.4 is 10.6 Å². The molecular formula is C18H13ClN2O2S. The standard InChI is InChI=1S/C18H13ClN2O2S/c19-13-6-4-11(5-7-13)17(23)21-18(24)20-16-3-1-2-12-10-14(22)8-9-15(12)16/h1-10,22H,(H2,20,21,23,24). The number of phenolic OH excluding ortho intramolecular Hbond substituents is 1.